The minimum absolute atomic E-state index is 0.0219. The molecule has 2 aromatic carbocycles. The van der Waals surface area contributed by atoms with Crippen molar-refractivity contribution >= 4 is 17.6 Å². The predicted octanol–water partition coefficient (Wildman–Crippen LogP) is 4.12. The Hall–Kier alpha value is -2.79. The largest absolute Gasteiger partial charge is 0.482 e. The van der Waals surface area contributed by atoms with E-state index in [1.54, 1.807) is 30.3 Å². The Bertz CT molecular complexity index is 799. The van der Waals surface area contributed by atoms with Gasteiger partial charge in [-0.25, -0.2) is 4.79 Å². The van der Waals surface area contributed by atoms with Crippen LogP contribution in [-0.2, 0) is 16.1 Å². The molecule has 0 saturated heterocycles. The van der Waals surface area contributed by atoms with E-state index in [4.69, 9.17) is 25.6 Å². The molecular weight excluding hydrogens is 330 g/mol. The lowest BCUT2D eigenvalue weighted by atomic mass is 10.2. The number of ether oxygens (including phenoxy) is 2. The van der Waals surface area contributed by atoms with Gasteiger partial charge in [0.15, 0.2) is 12.4 Å². The molecule has 1 aromatic heterocycles. The van der Waals surface area contributed by atoms with Gasteiger partial charge >= 0.3 is 5.97 Å². The molecule has 24 heavy (non-hydrogen) atoms. The zero-order valence-electron chi connectivity index (χ0n) is 12.6. The Labute approximate surface area is 143 Å². The Morgan fingerprint density at radius 1 is 1.08 bits per heavy atom. The van der Waals surface area contributed by atoms with E-state index in [0.717, 1.165) is 5.56 Å². The standard InChI is InChI=1S/C18H14ClNO4/c19-14-8-6-13(7-9-14)17-10-15(20-24-17)11-23-18(21)12-22-16-4-2-1-3-5-16/h1-10H,11-12H2. The topological polar surface area (TPSA) is 61.6 Å². The summed E-state index contributed by atoms with van der Waals surface area (Å²) in [6, 6.07) is 18.0. The van der Waals surface area contributed by atoms with Crippen molar-refractivity contribution in [1.29, 1.82) is 0 Å². The summed E-state index contributed by atoms with van der Waals surface area (Å²) in [4.78, 5) is 11.7. The summed E-state index contributed by atoms with van der Waals surface area (Å²) in [5.74, 6) is 0.717. The van der Waals surface area contributed by atoms with E-state index in [1.165, 1.54) is 0 Å². The zero-order chi connectivity index (χ0) is 16.8. The van der Waals surface area contributed by atoms with Crippen LogP contribution in [0.1, 0.15) is 5.69 Å². The number of benzene rings is 2. The Morgan fingerprint density at radius 2 is 1.83 bits per heavy atom. The van der Waals surface area contributed by atoms with Crippen molar-refractivity contribution in [2.75, 3.05) is 6.61 Å². The summed E-state index contributed by atoms with van der Waals surface area (Å²) in [7, 11) is 0. The van der Waals surface area contributed by atoms with Crippen molar-refractivity contribution in [2.24, 2.45) is 0 Å². The van der Waals surface area contributed by atoms with Crippen molar-refractivity contribution in [1.82, 2.24) is 5.16 Å². The van der Waals surface area contributed by atoms with Gasteiger partial charge in [-0.05, 0) is 36.4 Å². The second-order valence-electron chi connectivity index (χ2n) is 4.95. The number of halogens is 1. The summed E-state index contributed by atoms with van der Waals surface area (Å²) < 4.78 is 15.7. The number of hydrogen-bond donors (Lipinski definition) is 0. The Balaban J connectivity index is 1.50. The molecule has 3 rings (SSSR count). The lowest BCUT2D eigenvalue weighted by Gasteiger charge is -2.05. The lowest BCUT2D eigenvalue weighted by Crippen LogP contribution is -2.14. The maximum Gasteiger partial charge on any atom is 0.344 e. The van der Waals surface area contributed by atoms with E-state index in [1.807, 2.05) is 30.3 Å². The SMILES string of the molecule is O=C(COc1ccccc1)OCc1cc(-c2ccc(Cl)cc2)on1. The van der Waals surface area contributed by atoms with Crippen LogP contribution in [0.5, 0.6) is 5.75 Å². The van der Waals surface area contributed by atoms with Crippen LogP contribution >= 0.6 is 11.6 Å². The first-order chi connectivity index (χ1) is 11.7. The fraction of sp³-hybridized carbons (Fsp3) is 0.111. The van der Waals surface area contributed by atoms with Crippen LogP contribution < -0.4 is 4.74 Å². The number of nitrogens with zero attached hydrogens (tertiary/aromatic N) is 1. The quantitative estimate of drug-likeness (QED) is 0.630. The van der Waals surface area contributed by atoms with Gasteiger partial charge in [-0.2, -0.15) is 0 Å². The highest BCUT2D eigenvalue weighted by molar-refractivity contribution is 6.30. The molecule has 0 saturated carbocycles. The highest BCUT2D eigenvalue weighted by atomic mass is 35.5. The maximum absolute atomic E-state index is 11.7. The summed E-state index contributed by atoms with van der Waals surface area (Å²) in [6.45, 7) is -0.139. The second kappa shape index (κ2) is 7.66. The fourth-order valence-corrected chi connectivity index (χ4v) is 2.11. The molecule has 0 aliphatic carbocycles. The van der Waals surface area contributed by atoms with Gasteiger partial charge < -0.3 is 14.0 Å². The van der Waals surface area contributed by atoms with E-state index < -0.39 is 5.97 Å². The van der Waals surface area contributed by atoms with Gasteiger partial charge in [0.25, 0.3) is 0 Å². The van der Waals surface area contributed by atoms with Crippen molar-refractivity contribution in [2.45, 2.75) is 6.61 Å². The van der Waals surface area contributed by atoms with Gasteiger partial charge in [0, 0.05) is 16.7 Å². The summed E-state index contributed by atoms with van der Waals surface area (Å²) in [5.41, 5.74) is 1.37. The van der Waals surface area contributed by atoms with Gasteiger partial charge in [-0.15, -0.1) is 0 Å². The number of carbonyl (C=O) groups excluding carboxylic acids is 1. The highest BCUT2D eigenvalue weighted by Gasteiger charge is 2.10. The molecule has 0 amide bonds. The van der Waals surface area contributed by atoms with Gasteiger partial charge in [-0.1, -0.05) is 35.0 Å². The monoisotopic (exact) mass is 343 g/mol. The molecule has 3 aromatic rings. The molecule has 0 atom stereocenters. The predicted molar refractivity (Wildman–Crippen MR) is 88.7 cm³/mol. The molecule has 5 nitrogen and oxygen atoms in total. The van der Waals surface area contributed by atoms with E-state index in [2.05, 4.69) is 5.16 Å². The third-order valence-corrected chi connectivity index (χ3v) is 3.42. The fourth-order valence-electron chi connectivity index (χ4n) is 1.99. The Morgan fingerprint density at radius 3 is 2.58 bits per heavy atom. The van der Waals surface area contributed by atoms with Crippen LogP contribution in [0.2, 0.25) is 5.02 Å². The molecule has 0 spiro atoms. The third kappa shape index (κ3) is 4.36. The Kier molecular flexibility index (Phi) is 5.13. The van der Waals surface area contributed by atoms with E-state index in [0.29, 0.717) is 22.2 Å². The van der Waals surface area contributed by atoms with Crippen molar-refractivity contribution < 1.29 is 18.8 Å². The molecule has 122 valence electrons. The minimum Gasteiger partial charge on any atom is -0.482 e. The molecule has 0 aliphatic heterocycles. The van der Waals surface area contributed by atoms with Crippen molar-refractivity contribution in [3.05, 3.63) is 71.4 Å². The molecule has 0 N–H and O–H groups in total. The summed E-state index contributed by atoms with van der Waals surface area (Å²) >= 11 is 5.85. The molecule has 0 aliphatic rings. The van der Waals surface area contributed by atoms with Crippen LogP contribution in [-0.4, -0.2) is 17.7 Å². The average Bonchev–Trinajstić information content (AvgIpc) is 3.09. The number of rotatable bonds is 6. The molecular formula is C18H14ClNO4. The van der Waals surface area contributed by atoms with Gasteiger partial charge in [0.1, 0.15) is 18.1 Å². The van der Waals surface area contributed by atoms with Gasteiger partial charge in [-0.3, -0.25) is 0 Å². The average molecular weight is 344 g/mol. The van der Waals surface area contributed by atoms with Crippen LogP contribution in [0.15, 0.2) is 65.2 Å². The highest BCUT2D eigenvalue weighted by Crippen LogP contribution is 2.22. The number of para-hydroxylation sites is 1. The first-order valence-corrected chi connectivity index (χ1v) is 7.63. The number of esters is 1. The minimum atomic E-state index is -0.477. The smallest absolute Gasteiger partial charge is 0.344 e. The first-order valence-electron chi connectivity index (χ1n) is 7.26. The molecule has 0 radical (unpaired) electrons. The lowest BCUT2D eigenvalue weighted by molar-refractivity contribution is -0.147. The van der Waals surface area contributed by atoms with Gasteiger partial charge in [0.2, 0.25) is 0 Å². The molecule has 0 bridgehead atoms. The molecule has 6 heteroatoms. The zero-order valence-corrected chi connectivity index (χ0v) is 13.4. The number of hydrogen-bond acceptors (Lipinski definition) is 5. The molecule has 1 heterocycles. The van der Waals surface area contributed by atoms with Crippen LogP contribution in [0.3, 0.4) is 0 Å². The number of carbonyl (C=O) groups is 1. The summed E-state index contributed by atoms with van der Waals surface area (Å²) in [6.07, 6.45) is 0. The molecule has 0 fully saturated rings. The van der Waals surface area contributed by atoms with Gasteiger partial charge in [0.05, 0.1) is 0 Å². The first kappa shape index (κ1) is 16.1. The van der Waals surface area contributed by atoms with E-state index in [9.17, 15) is 4.79 Å². The van der Waals surface area contributed by atoms with E-state index in [-0.39, 0.29) is 13.2 Å². The number of aromatic nitrogens is 1. The second-order valence-corrected chi connectivity index (χ2v) is 5.39. The van der Waals surface area contributed by atoms with Crippen LogP contribution in [0.25, 0.3) is 11.3 Å². The summed E-state index contributed by atoms with van der Waals surface area (Å²) in [5, 5.41) is 4.52. The molecule has 0 unspecified atom stereocenters. The maximum atomic E-state index is 11.7. The van der Waals surface area contributed by atoms with Crippen LogP contribution in [0.4, 0.5) is 0 Å². The van der Waals surface area contributed by atoms with E-state index >= 15 is 0 Å². The van der Waals surface area contributed by atoms with Crippen molar-refractivity contribution in [3.63, 3.8) is 0 Å². The van der Waals surface area contributed by atoms with Crippen molar-refractivity contribution in [3.8, 4) is 17.1 Å². The normalized spacial score (nSPS) is 10.4. The van der Waals surface area contributed by atoms with Crippen LogP contribution in [0, 0.1) is 0 Å². The third-order valence-electron chi connectivity index (χ3n) is 3.17.